The monoisotopic (exact) mass is 879 g/mol. The van der Waals surface area contributed by atoms with Gasteiger partial charge in [0.1, 0.15) is 0 Å². The van der Waals surface area contributed by atoms with Crippen LogP contribution >= 0.6 is 22.7 Å². The third-order valence-corrected chi connectivity index (χ3v) is 15.5. The van der Waals surface area contributed by atoms with E-state index >= 15 is 0 Å². The fourth-order valence-electron chi connectivity index (χ4n) is 10.4. The second-order valence-electron chi connectivity index (χ2n) is 16.6. The van der Waals surface area contributed by atoms with E-state index in [-0.39, 0.29) is 5.56 Å². The predicted octanol–water partition coefficient (Wildman–Crippen LogP) is 17.1. The van der Waals surface area contributed by atoms with E-state index in [1.54, 1.807) is 35.7 Å². The molecule has 13 rings (SSSR count). The molecule has 308 valence electrons. The lowest BCUT2D eigenvalue weighted by molar-refractivity contribution is -0.137. The summed E-state index contributed by atoms with van der Waals surface area (Å²) in [6.45, 7) is 1.74. The molecule has 0 fully saturated rings. The Kier molecular flexibility index (Phi) is 8.09. The number of benzene rings is 9. The average molecular weight is 880 g/mol. The number of rotatable bonds is 4. The Bertz CT molecular complexity index is 4210. The fraction of sp³-hybridized carbons (Fsp3) is 0.0351. The highest BCUT2D eigenvalue weighted by Gasteiger charge is 2.35. The van der Waals surface area contributed by atoms with Gasteiger partial charge in [-0.3, -0.25) is 0 Å². The van der Waals surface area contributed by atoms with E-state index in [9.17, 15) is 18.4 Å². The first-order valence-corrected chi connectivity index (χ1v) is 22.9. The lowest BCUT2D eigenvalue weighted by Gasteiger charge is -2.21. The molecule has 4 aromatic heterocycles. The Morgan fingerprint density at radius 1 is 0.477 bits per heavy atom. The summed E-state index contributed by atoms with van der Waals surface area (Å²) in [5.74, 6) is 0. The van der Waals surface area contributed by atoms with Gasteiger partial charge in [-0.05, 0) is 84.3 Å². The number of hydrogen-bond acceptors (Lipinski definition) is 3. The predicted molar refractivity (Wildman–Crippen MR) is 266 cm³/mol. The average Bonchev–Trinajstić information content (AvgIpc) is 4.08. The van der Waals surface area contributed by atoms with Gasteiger partial charge in [0.05, 0.1) is 50.6 Å². The lowest BCUT2D eigenvalue weighted by atomic mass is 9.91. The van der Waals surface area contributed by atoms with Gasteiger partial charge in [0.15, 0.2) is 0 Å². The standard InChI is InChI=1S/C57H32F3N3S2/c1-32-11-10-16-43(57(58,59)60)52(32)34-22-24-36(49(30-34)63-45-18-7-3-15-42(45)54-47(63)28-26-40-38-13-5-9-20-51(38)65-56(40)54)35-23-21-33(31-61)29-48(35)62-44-17-6-2-14-41(44)53-46(62)27-25-39-37-12-4-8-19-50(37)64-55(39)53/h2-30H,1H3. The molecule has 0 saturated carbocycles. The molecule has 0 atom stereocenters. The van der Waals surface area contributed by atoms with Gasteiger partial charge in [0.2, 0.25) is 0 Å². The van der Waals surface area contributed by atoms with Crippen LogP contribution in [0.1, 0.15) is 16.7 Å². The summed E-state index contributed by atoms with van der Waals surface area (Å²) in [5, 5.41) is 19.6. The topological polar surface area (TPSA) is 33.6 Å². The van der Waals surface area contributed by atoms with Crippen molar-refractivity contribution in [3.8, 4) is 39.7 Å². The Morgan fingerprint density at radius 2 is 0.985 bits per heavy atom. The molecule has 8 heteroatoms. The molecule has 0 N–H and O–H groups in total. The largest absolute Gasteiger partial charge is 0.417 e. The number of thiophene rings is 2. The molecule has 0 spiro atoms. The molecule has 0 amide bonds. The number of hydrogen-bond donors (Lipinski definition) is 0. The minimum atomic E-state index is -4.57. The van der Waals surface area contributed by atoms with Gasteiger partial charge in [0, 0.05) is 73.0 Å². The smallest absolute Gasteiger partial charge is 0.309 e. The van der Waals surface area contributed by atoms with E-state index in [1.165, 1.54) is 42.4 Å². The van der Waals surface area contributed by atoms with Crippen LogP contribution in [0.5, 0.6) is 0 Å². The van der Waals surface area contributed by atoms with Crippen LogP contribution in [-0.4, -0.2) is 9.13 Å². The Balaban J connectivity index is 1.17. The van der Waals surface area contributed by atoms with Crippen molar-refractivity contribution < 1.29 is 13.2 Å². The maximum Gasteiger partial charge on any atom is 0.417 e. The summed E-state index contributed by atoms with van der Waals surface area (Å²) in [5.41, 5.74) is 7.99. The maximum atomic E-state index is 14.9. The van der Waals surface area contributed by atoms with Crippen molar-refractivity contribution in [2.24, 2.45) is 0 Å². The van der Waals surface area contributed by atoms with Crippen molar-refractivity contribution in [1.29, 1.82) is 5.26 Å². The Morgan fingerprint density at radius 3 is 1.54 bits per heavy atom. The van der Waals surface area contributed by atoms with Crippen LogP contribution in [0.3, 0.4) is 0 Å². The number of aromatic nitrogens is 2. The van der Waals surface area contributed by atoms with E-state index in [0.717, 1.165) is 76.2 Å². The first-order chi connectivity index (χ1) is 31.8. The van der Waals surface area contributed by atoms with Crippen molar-refractivity contribution in [3.63, 3.8) is 0 Å². The zero-order chi connectivity index (χ0) is 43.7. The van der Waals surface area contributed by atoms with Crippen LogP contribution in [0.2, 0.25) is 0 Å². The van der Waals surface area contributed by atoms with Gasteiger partial charge in [-0.15, -0.1) is 22.7 Å². The minimum Gasteiger partial charge on any atom is -0.309 e. The molecule has 0 aliphatic carbocycles. The van der Waals surface area contributed by atoms with Crippen LogP contribution in [-0.2, 0) is 6.18 Å². The Labute approximate surface area is 377 Å². The zero-order valence-electron chi connectivity index (χ0n) is 34.5. The Hall–Kier alpha value is -7.70. The molecular formula is C57H32F3N3S2. The van der Waals surface area contributed by atoms with E-state index in [2.05, 4.69) is 118 Å². The van der Waals surface area contributed by atoms with Crippen LogP contribution < -0.4 is 0 Å². The van der Waals surface area contributed by atoms with Gasteiger partial charge < -0.3 is 9.13 Å². The number of nitrogens with zero attached hydrogens (tertiary/aromatic N) is 3. The molecule has 9 aromatic carbocycles. The summed E-state index contributed by atoms with van der Waals surface area (Å²) in [7, 11) is 0. The van der Waals surface area contributed by atoms with Gasteiger partial charge in [-0.25, -0.2) is 0 Å². The molecular weight excluding hydrogens is 848 g/mol. The maximum absolute atomic E-state index is 14.9. The second kappa shape index (κ2) is 13.9. The number of fused-ring (bicyclic) bond motifs is 14. The molecule has 0 radical (unpaired) electrons. The highest BCUT2D eigenvalue weighted by molar-refractivity contribution is 7.27. The van der Waals surface area contributed by atoms with Crippen molar-refractivity contribution in [2.75, 3.05) is 0 Å². The summed E-state index contributed by atoms with van der Waals surface area (Å²) in [6, 6.07) is 60.7. The van der Waals surface area contributed by atoms with E-state index in [4.69, 9.17) is 0 Å². The van der Waals surface area contributed by atoms with E-state index in [0.29, 0.717) is 16.7 Å². The van der Waals surface area contributed by atoms with Crippen molar-refractivity contribution in [1.82, 2.24) is 9.13 Å². The number of nitriles is 1. The molecule has 65 heavy (non-hydrogen) atoms. The third kappa shape index (κ3) is 5.46. The lowest BCUT2D eigenvalue weighted by Crippen LogP contribution is -2.08. The SMILES string of the molecule is Cc1cccc(C(F)(F)F)c1-c1ccc(-c2ccc(C#N)cc2-n2c3ccccc3c3c4sc5ccccc5c4ccc32)c(-n2c3ccccc3c3c4sc5ccccc5c4ccc32)c1. The van der Waals surface area contributed by atoms with Gasteiger partial charge in [-0.2, -0.15) is 18.4 Å². The summed E-state index contributed by atoms with van der Waals surface area (Å²) >= 11 is 3.54. The highest BCUT2D eigenvalue weighted by Crippen LogP contribution is 2.49. The van der Waals surface area contributed by atoms with E-state index < -0.39 is 11.7 Å². The molecule has 0 aliphatic rings. The molecule has 0 aliphatic heterocycles. The normalized spacial score (nSPS) is 12.3. The molecule has 0 unspecified atom stereocenters. The highest BCUT2D eigenvalue weighted by atomic mass is 32.1. The summed E-state index contributed by atoms with van der Waals surface area (Å²) < 4.78 is 54.1. The molecule has 13 aromatic rings. The van der Waals surface area contributed by atoms with Gasteiger partial charge in [0.25, 0.3) is 0 Å². The van der Waals surface area contributed by atoms with Crippen molar-refractivity contribution >= 4 is 107 Å². The molecule has 0 saturated heterocycles. The first-order valence-electron chi connectivity index (χ1n) is 21.3. The summed E-state index contributed by atoms with van der Waals surface area (Å²) in [6.07, 6.45) is -4.57. The minimum absolute atomic E-state index is 0.148. The fourth-order valence-corrected chi connectivity index (χ4v) is 12.9. The number of halogens is 3. The van der Waals surface area contributed by atoms with Crippen molar-refractivity contribution in [3.05, 3.63) is 193 Å². The third-order valence-electron chi connectivity index (χ3n) is 13.1. The quantitative estimate of drug-likeness (QED) is 0.173. The zero-order valence-corrected chi connectivity index (χ0v) is 36.2. The van der Waals surface area contributed by atoms with Crippen LogP contribution in [0.15, 0.2) is 176 Å². The van der Waals surface area contributed by atoms with E-state index in [1.807, 2.05) is 54.6 Å². The van der Waals surface area contributed by atoms with Crippen LogP contribution in [0, 0.1) is 18.3 Å². The van der Waals surface area contributed by atoms with Crippen LogP contribution in [0.25, 0.3) is 118 Å². The van der Waals surface area contributed by atoms with Gasteiger partial charge >= 0.3 is 6.18 Å². The number of aryl methyl sites for hydroxylation is 1. The van der Waals surface area contributed by atoms with Crippen molar-refractivity contribution in [2.45, 2.75) is 13.1 Å². The second-order valence-corrected chi connectivity index (χ2v) is 18.7. The van der Waals surface area contributed by atoms with Gasteiger partial charge in [-0.1, -0.05) is 115 Å². The molecule has 4 heterocycles. The molecule has 0 bridgehead atoms. The first kappa shape index (κ1) is 37.8. The van der Waals surface area contributed by atoms with Crippen LogP contribution in [0.4, 0.5) is 13.2 Å². The number of alkyl halides is 3. The number of para-hydroxylation sites is 2. The summed E-state index contributed by atoms with van der Waals surface area (Å²) in [4.78, 5) is 0. The molecule has 3 nitrogen and oxygen atoms in total.